The monoisotopic (exact) mass is 246 g/mol. The molecule has 0 aromatic heterocycles. The summed E-state index contributed by atoms with van der Waals surface area (Å²) in [6.07, 6.45) is -4.79. The van der Waals surface area contributed by atoms with Gasteiger partial charge in [-0.25, -0.2) is 0 Å². The zero-order valence-electron chi connectivity index (χ0n) is 8.41. The number of nitriles is 1. The van der Waals surface area contributed by atoms with E-state index in [1.165, 1.54) is 6.07 Å². The number of alkyl halides is 3. The molecule has 8 heteroatoms. The molecule has 0 spiro atoms. The third-order valence-corrected chi connectivity index (χ3v) is 1.94. The second kappa shape index (κ2) is 4.29. The van der Waals surface area contributed by atoms with E-state index in [1.807, 2.05) is 0 Å². The van der Waals surface area contributed by atoms with Crippen molar-refractivity contribution in [3.05, 3.63) is 33.4 Å². The SMILES string of the molecule is COc1cc(C#N)c([N+](=O)[O-])cc1C(F)(F)F. The van der Waals surface area contributed by atoms with Gasteiger partial charge in [0.25, 0.3) is 5.69 Å². The van der Waals surface area contributed by atoms with E-state index in [9.17, 15) is 23.3 Å². The van der Waals surface area contributed by atoms with Crippen molar-refractivity contribution in [2.45, 2.75) is 6.18 Å². The summed E-state index contributed by atoms with van der Waals surface area (Å²) in [6, 6.07) is 2.43. The van der Waals surface area contributed by atoms with Crippen LogP contribution in [-0.2, 0) is 6.18 Å². The summed E-state index contributed by atoms with van der Waals surface area (Å²) in [6.45, 7) is 0. The molecule has 0 saturated heterocycles. The minimum atomic E-state index is -4.79. The lowest BCUT2D eigenvalue weighted by molar-refractivity contribution is -0.385. The summed E-state index contributed by atoms with van der Waals surface area (Å²) in [7, 11) is 0.984. The highest BCUT2D eigenvalue weighted by Crippen LogP contribution is 2.39. The molecule has 0 aliphatic rings. The van der Waals surface area contributed by atoms with Crippen molar-refractivity contribution in [3.63, 3.8) is 0 Å². The normalized spacial score (nSPS) is 10.8. The average molecular weight is 246 g/mol. The smallest absolute Gasteiger partial charge is 0.420 e. The second-order valence-corrected chi connectivity index (χ2v) is 2.94. The Balaban J connectivity index is 3.58. The van der Waals surface area contributed by atoms with Crippen LogP contribution in [0.1, 0.15) is 11.1 Å². The molecule has 0 unspecified atom stereocenters. The topological polar surface area (TPSA) is 76.2 Å². The van der Waals surface area contributed by atoms with Gasteiger partial charge in [-0.05, 0) is 0 Å². The lowest BCUT2D eigenvalue weighted by Crippen LogP contribution is -2.09. The van der Waals surface area contributed by atoms with E-state index in [0.29, 0.717) is 6.07 Å². The van der Waals surface area contributed by atoms with E-state index >= 15 is 0 Å². The lowest BCUT2D eigenvalue weighted by atomic mass is 10.1. The Hall–Kier alpha value is -2.30. The minimum absolute atomic E-state index is 0.289. The number of ether oxygens (including phenoxy) is 1. The van der Waals surface area contributed by atoms with Crippen LogP contribution in [0.15, 0.2) is 12.1 Å². The molecule has 0 fully saturated rings. The fourth-order valence-corrected chi connectivity index (χ4v) is 1.20. The summed E-state index contributed by atoms with van der Waals surface area (Å²) >= 11 is 0. The van der Waals surface area contributed by atoms with Crippen molar-refractivity contribution >= 4 is 5.69 Å². The highest BCUT2D eigenvalue weighted by Gasteiger charge is 2.37. The molecule has 0 radical (unpaired) electrons. The first kappa shape index (κ1) is 12.8. The van der Waals surface area contributed by atoms with Gasteiger partial charge >= 0.3 is 6.18 Å². The van der Waals surface area contributed by atoms with Crippen LogP contribution in [0.5, 0.6) is 5.75 Å². The van der Waals surface area contributed by atoms with Crippen LogP contribution in [0.3, 0.4) is 0 Å². The maximum Gasteiger partial charge on any atom is 0.420 e. The fraction of sp³-hybridized carbons (Fsp3) is 0.222. The molecule has 0 atom stereocenters. The third-order valence-electron chi connectivity index (χ3n) is 1.94. The highest BCUT2D eigenvalue weighted by molar-refractivity contribution is 5.56. The van der Waals surface area contributed by atoms with Gasteiger partial charge in [0.1, 0.15) is 22.9 Å². The standard InChI is InChI=1S/C9H5F3N2O3/c1-17-8-2-5(4-13)7(14(15)16)3-6(8)9(10,11)12/h2-3H,1H3. The summed E-state index contributed by atoms with van der Waals surface area (Å²) in [5.74, 6) is -0.625. The first-order valence-corrected chi connectivity index (χ1v) is 4.15. The van der Waals surface area contributed by atoms with Crippen LogP contribution in [0.2, 0.25) is 0 Å². The number of benzene rings is 1. The van der Waals surface area contributed by atoms with Gasteiger partial charge in [0.2, 0.25) is 0 Å². The Labute approximate surface area is 93.2 Å². The number of nitrogens with zero attached hydrogens (tertiary/aromatic N) is 2. The van der Waals surface area contributed by atoms with Gasteiger partial charge in [-0.1, -0.05) is 0 Å². The summed E-state index contributed by atoms with van der Waals surface area (Å²) in [5, 5.41) is 19.1. The molecule has 90 valence electrons. The summed E-state index contributed by atoms with van der Waals surface area (Å²) in [5.41, 5.74) is -2.67. The zero-order valence-corrected chi connectivity index (χ0v) is 8.41. The average Bonchev–Trinajstić information content (AvgIpc) is 2.25. The number of halogens is 3. The highest BCUT2D eigenvalue weighted by atomic mass is 19.4. The Morgan fingerprint density at radius 1 is 1.47 bits per heavy atom. The third kappa shape index (κ3) is 2.44. The molecule has 0 amide bonds. The molecule has 0 saturated carbocycles. The van der Waals surface area contributed by atoms with E-state index in [4.69, 9.17) is 5.26 Å². The molecular weight excluding hydrogens is 241 g/mol. The molecule has 0 aliphatic carbocycles. The predicted octanol–water partition coefficient (Wildman–Crippen LogP) is 2.49. The van der Waals surface area contributed by atoms with Gasteiger partial charge < -0.3 is 4.74 Å². The van der Waals surface area contributed by atoms with Gasteiger partial charge in [0.05, 0.1) is 12.0 Å². The van der Waals surface area contributed by atoms with Crippen LogP contribution in [-0.4, -0.2) is 12.0 Å². The van der Waals surface area contributed by atoms with Crippen molar-refractivity contribution < 1.29 is 22.8 Å². The molecule has 0 aliphatic heterocycles. The Bertz CT molecular complexity index is 505. The van der Waals surface area contributed by atoms with Crippen molar-refractivity contribution in [3.8, 4) is 11.8 Å². The van der Waals surface area contributed by atoms with Crippen molar-refractivity contribution in [2.75, 3.05) is 7.11 Å². The van der Waals surface area contributed by atoms with Gasteiger partial charge in [-0.2, -0.15) is 18.4 Å². The predicted molar refractivity (Wildman–Crippen MR) is 49.4 cm³/mol. The maximum atomic E-state index is 12.5. The fourth-order valence-electron chi connectivity index (χ4n) is 1.20. The van der Waals surface area contributed by atoms with Crippen LogP contribution in [0.4, 0.5) is 18.9 Å². The Morgan fingerprint density at radius 3 is 2.41 bits per heavy atom. The van der Waals surface area contributed by atoms with Crippen LogP contribution in [0, 0.1) is 21.4 Å². The quantitative estimate of drug-likeness (QED) is 0.593. The van der Waals surface area contributed by atoms with Gasteiger partial charge in [0, 0.05) is 12.1 Å². The van der Waals surface area contributed by atoms with E-state index in [2.05, 4.69) is 4.74 Å². The number of rotatable bonds is 2. The number of nitro benzene ring substituents is 1. The molecule has 1 rings (SSSR count). The Kier molecular flexibility index (Phi) is 3.22. The van der Waals surface area contributed by atoms with E-state index in [-0.39, 0.29) is 6.07 Å². The first-order valence-electron chi connectivity index (χ1n) is 4.15. The largest absolute Gasteiger partial charge is 0.496 e. The number of hydrogen-bond donors (Lipinski definition) is 0. The number of nitro groups is 1. The van der Waals surface area contributed by atoms with E-state index in [0.717, 1.165) is 7.11 Å². The maximum absolute atomic E-state index is 12.5. The first-order chi connectivity index (χ1) is 7.81. The molecular formula is C9H5F3N2O3. The molecule has 17 heavy (non-hydrogen) atoms. The van der Waals surface area contributed by atoms with Gasteiger partial charge in [-0.15, -0.1) is 0 Å². The van der Waals surface area contributed by atoms with Gasteiger partial charge in [-0.3, -0.25) is 10.1 Å². The molecule has 1 aromatic carbocycles. The number of hydrogen-bond acceptors (Lipinski definition) is 4. The molecule has 5 nitrogen and oxygen atoms in total. The van der Waals surface area contributed by atoms with Gasteiger partial charge in [0.15, 0.2) is 0 Å². The van der Waals surface area contributed by atoms with Crippen LogP contribution in [0.25, 0.3) is 0 Å². The van der Waals surface area contributed by atoms with E-state index < -0.39 is 33.7 Å². The molecule has 0 heterocycles. The summed E-state index contributed by atoms with van der Waals surface area (Å²) < 4.78 is 42.0. The zero-order chi connectivity index (χ0) is 13.2. The van der Waals surface area contributed by atoms with Crippen molar-refractivity contribution in [1.29, 1.82) is 5.26 Å². The molecule has 1 aromatic rings. The second-order valence-electron chi connectivity index (χ2n) is 2.94. The van der Waals surface area contributed by atoms with Crippen LogP contribution >= 0.6 is 0 Å². The number of methoxy groups -OCH3 is 1. The van der Waals surface area contributed by atoms with Crippen molar-refractivity contribution in [2.24, 2.45) is 0 Å². The Morgan fingerprint density at radius 2 is 2.06 bits per heavy atom. The van der Waals surface area contributed by atoms with Crippen LogP contribution < -0.4 is 4.74 Å². The molecule has 0 N–H and O–H groups in total. The summed E-state index contributed by atoms with van der Waals surface area (Å²) in [4.78, 5) is 9.46. The lowest BCUT2D eigenvalue weighted by Gasteiger charge is -2.11. The van der Waals surface area contributed by atoms with E-state index in [1.54, 1.807) is 0 Å². The minimum Gasteiger partial charge on any atom is -0.496 e. The molecule has 0 bridgehead atoms. The van der Waals surface area contributed by atoms with Crippen molar-refractivity contribution in [1.82, 2.24) is 0 Å².